The van der Waals surface area contributed by atoms with Crippen molar-refractivity contribution in [3.05, 3.63) is 34.3 Å². The number of urea groups is 1. The van der Waals surface area contributed by atoms with Crippen molar-refractivity contribution in [1.82, 2.24) is 14.8 Å². The molecule has 1 unspecified atom stereocenters. The summed E-state index contributed by atoms with van der Waals surface area (Å²) < 4.78 is 12.6. The molecule has 2 aliphatic rings. The van der Waals surface area contributed by atoms with Gasteiger partial charge in [0.25, 0.3) is 0 Å². The molecule has 2 heterocycles. The molecule has 0 bridgehead atoms. The van der Waals surface area contributed by atoms with E-state index in [-0.39, 0.29) is 23.1 Å². The van der Waals surface area contributed by atoms with E-state index in [1.165, 1.54) is 11.1 Å². The number of hydrogen-bond donors (Lipinski definition) is 4. The third kappa shape index (κ3) is 4.81. The Labute approximate surface area is 185 Å². The largest absolute Gasteiger partial charge is 0.392 e. The summed E-state index contributed by atoms with van der Waals surface area (Å²) in [7, 11) is -1.63. The zero-order valence-corrected chi connectivity index (χ0v) is 19.4. The molecule has 1 atom stereocenters. The summed E-state index contributed by atoms with van der Waals surface area (Å²) in [6, 6.07) is -0.301. The number of aryl methyl sites for hydroxylation is 1. The molecule has 170 valence electrons. The number of anilines is 1. The summed E-state index contributed by atoms with van der Waals surface area (Å²) in [6.45, 7) is 8.14. The van der Waals surface area contributed by atoms with Gasteiger partial charge in [-0.05, 0) is 57.1 Å². The van der Waals surface area contributed by atoms with E-state index in [0.29, 0.717) is 5.56 Å². The van der Waals surface area contributed by atoms with Gasteiger partial charge >= 0.3 is 6.03 Å². The van der Waals surface area contributed by atoms with Gasteiger partial charge in [0.1, 0.15) is 11.0 Å². The number of aromatic nitrogens is 3. The number of nitrogens with one attached hydrogen (secondary N) is 1. The highest BCUT2D eigenvalue weighted by Gasteiger charge is 2.36. The molecule has 9 nitrogen and oxygen atoms in total. The second-order valence-electron chi connectivity index (χ2n) is 8.95. The lowest BCUT2D eigenvalue weighted by Gasteiger charge is -2.20. The molecule has 4 rings (SSSR count). The van der Waals surface area contributed by atoms with Crippen LogP contribution in [-0.4, -0.2) is 30.1 Å². The molecule has 6 N–H and O–H groups in total. The number of carbonyl (C=O) groups excluding carboxylic acids is 1. The van der Waals surface area contributed by atoms with Crippen LogP contribution in [0.5, 0.6) is 0 Å². The van der Waals surface area contributed by atoms with Crippen LogP contribution in [0.4, 0.5) is 10.5 Å². The smallest absolute Gasteiger partial charge is 0.316 e. The lowest BCUT2D eigenvalue weighted by Crippen LogP contribution is -2.22. The van der Waals surface area contributed by atoms with E-state index in [0.717, 1.165) is 49.2 Å². The second kappa shape index (κ2) is 9.05. The molecule has 0 aliphatic heterocycles. The molecule has 2 aliphatic carbocycles. The van der Waals surface area contributed by atoms with Crippen LogP contribution in [0.2, 0.25) is 0 Å². The molecule has 0 saturated carbocycles. The Balaban J connectivity index is 0.000000187. The van der Waals surface area contributed by atoms with Gasteiger partial charge in [0.05, 0.1) is 18.0 Å². The van der Waals surface area contributed by atoms with Gasteiger partial charge in [-0.1, -0.05) is 13.8 Å². The fraction of sp³-hybridized carbons (Fsp3) is 0.571. The first-order valence-electron chi connectivity index (χ1n) is 10.5. The van der Waals surface area contributed by atoms with Gasteiger partial charge in [0, 0.05) is 28.9 Å². The number of fused-ring (bicyclic) bond motifs is 2. The highest BCUT2D eigenvalue weighted by molar-refractivity contribution is 7.82. The molecule has 2 aromatic heterocycles. The molecule has 0 spiro atoms. The Kier molecular flexibility index (Phi) is 6.82. The number of nitrogens with two attached hydrogens (primary N) is 2. The van der Waals surface area contributed by atoms with Gasteiger partial charge in [-0.15, -0.1) is 0 Å². The number of carbonyl (C=O) groups is 1. The Morgan fingerprint density at radius 3 is 2.58 bits per heavy atom. The molecular weight excluding hydrogens is 416 g/mol. The third-order valence-electron chi connectivity index (χ3n) is 5.87. The standard InChI is InChI=1S/C14H19N3O.C7H13N3O2S/c1-14(2)7-6-9-11(17-13(15)18)8-4-3-5-10(8)16-12(9)14;1-5(2)10-3-6(4-11)7(9-10)13(8)12/h3-7H2,1-2H3,(H3,15,16,17,18);3,5,11H,4,8H2,1-2H3. The topological polar surface area (TPSA) is 149 Å². The number of aliphatic hydroxyl groups is 1. The van der Waals surface area contributed by atoms with Gasteiger partial charge in [-0.2, -0.15) is 5.10 Å². The average molecular weight is 449 g/mol. The molecular formula is C21H32N6O3S. The third-order valence-corrected chi connectivity index (χ3v) is 6.60. The number of pyridine rings is 1. The van der Waals surface area contributed by atoms with Gasteiger partial charge < -0.3 is 16.2 Å². The van der Waals surface area contributed by atoms with Crippen molar-refractivity contribution in [1.29, 1.82) is 0 Å². The van der Waals surface area contributed by atoms with Crippen molar-refractivity contribution >= 4 is 22.7 Å². The minimum absolute atomic E-state index is 0.112. The van der Waals surface area contributed by atoms with E-state index in [1.54, 1.807) is 10.9 Å². The Morgan fingerprint density at radius 1 is 1.32 bits per heavy atom. The van der Waals surface area contributed by atoms with Crippen molar-refractivity contribution in [2.24, 2.45) is 10.9 Å². The van der Waals surface area contributed by atoms with Crippen LogP contribution in [-0.2, 0) is 42.3 Å². The lowest BCUT2D eigenvalue weighted by molar-refractivity contribution is 0.259. The van der Waals surface area contributed by atoms with Crippen LogP contribution < -0.4 is 16.2 Å². The zero-order chi connectivity index (χ0) is 22.9. The summed E-state index contributed by atoms with van der Waals surface area (Å²) in [5, 5.41) is 21.2. The van der Waals surface area contributed by atoms with Gasteiger partial charge in [-0.3, -0.25) is 9.67 Å². The predicted molar refractivity (Wildman–Crippen MR) is 120 cm³/mol. The average Bonchev–Trinajstić information content (AvgIpc) is 3.39. The molecule has 0 fully saturated rings. The molecule has 0 radical (unpaired) electrons. The number of nitrogens with zero attached hydrogens (tertiary/aromatic N) is 3. The monoisotopic (exact) mass is 448 g/mol. The van der Waals surface area contributed by atoms with Crippen LogP contribution in [0.25, 0.3) is 0 Å². The van der Waals surface area contributed by atoms with E-state index in [9.17, 15) is 9.00 Å². The van der Waals surface area contributed by atoms with Crippen molar-refractivity contribution in [3.8, 4) is 0 Å². The number of amides is 2. The predicted octanol–water partition coefficient (Wildman–Crippen LogP) is 2.22. The summed E-state index contributed by atoms with van der Waals surface area (Å²) in [5.74, 6) is 0. The first-order valence-corrected chi connectivity index (χ1v) is 11.7. The molecule has 0 saturated heterocycles. The highest BCUT2D eigenvalue weighted by atomic mass is 32.2. The molecule has 0 aromatic carbocycles. The van der Waals surface area contributed by atoms with Gasteiger partial charge in [0.15, 0.2) is 5.03 Å². The SMILES string of the molecule is CC(C)n1cc(CO)c(S(N)=O)n1.CC1(C)CCc2c1nc1c(c2NC(N)=O)CCC1. The molecule has 2 amide bonds. The molecule has 2 aromatic rings. The second-order valence-corrected chi connectivity index (χ2v) is 9.94. The van der Waals surface area contributed by atoms with E-state index < -0.39 is 17.0 Å². The maximum Gasteiger partial charge on any atom is 0.316 e. The van der Waals surface area contributed by atoms with Crippen LogP contribution in [0.1, 0.15) is 74.7 Å². The Morgan fingerprint density at radius 2 is 2.03 bits per heavy atom. The normalized spacial score (nSPS) is 17.0. The van der Waals surface area contributed by atoms with E-state index in [2.05, 4.69) is 24.3 Å². The number of aliphatic hydroxyl groups excluding tert-OH is 1. The summed E-state index contributed by atoms with van der Waals surface area (Å²) >= 11 is 0. The first kappa shape index (κ1) is 23.4. The van der Waals surface area contributed by atoms with Crippen molar-refractivity contribution < 1.29 is 14.1 Å². The van der Waals surface area contributed by atoms with Crippen molar-refractivity contribution in [2.45, 2.75) is 82.9 Å². The lowest BCUT2D eigenvalue weighted by atomic mass is 9.90. The van der Waals surface area contributed by atoms with E-state index in [1.807, 2.05) is 13.8 Å². The van der Waals surface area contributed by atoms with Gasteiger partial charge in [0.2, 0.25) is 0 Å². The molecule has 31 heavy (non-hydrogen) atoms. The minimum Gasteiger partial charge on any atom is -0.392 e. The minimum atomic E-state index is -1.63. The van der Waals surface area contributed by atoms with Gasteiger partial charge in [-0.25, -0.2) is 14.1 Å². The number of hydrogen-bond acceptors (Lipinski definition) is 5. The fourth-order valence-electron chi connectivity index (χ4n) is 4.21. The Hall–Kier alpha value is -2.30. The van der Waals surface area contributed by atoms with Crippen LogP contribution in [0, 0.1) is 0 Å². The first-order chi connectivity index (χ1) is 14.5. The van der Waals surface area contributed by atoms with Crippen molar-refractivity contribution in [3.63, 3.8) is 0 Å². The van der Waals surface area contributed by atoms with E-state index >= 15 is 0 Å². The van der Waals surface area contributed by atoms with Crippen molar-refractivity contribution in [2.75, 3.05) is 5.32 Å². The van der Waals surface area contributed by atoms with E-state index in [4.69, 9.17) is 21.0 Å². The van der Waals surface area contributed by atoms with Crippen LogP contribution >= 0.6 is 0 Å². The maximum atomic E-state index is 11.2. The Bertz CT molecular complexity index is 1020. The zero-order valence-electron chi connectivity index (χ0n) is 18.6. The van der Waals surface area contributed by atoms with Crippen LogP contribution in [0.15, 0.2) is 11.2 Å². The summed E-state index contributed by atoms with van der Waals surface area (Å²) in [4.78, 5) is 16.1. The maximum absolute atomic E-state index is 11.2. The summed E-state index contributed by atoms with van der Waals surface area (Å²) in [5.41, 5.74) is 11.6. The molecule has 10 heteroatoms. The van der Waals surface area contributed by atoms with Crippen LogP contribution in [0.3, 0.4) is 0 Å². The number of primary amides is 1. The number of rotatable bonds is 4. The summed E-state index contributed by atoms with van der Waals surface area (Å²) in [6.07, 6.45) is 6.88. The fourth-order valence-corrected chi connectivity index (χ4v) is 4.76. The highest BCUT2D eigenvalue weighted by Crippen LogP contribution is 2.44. The quantitative estimate of drug-likeness (QED) is 0.566.